The lowest BCUT2D eigenvalue weighted by atomic mass is 10.1. The van der Waals surface area contributed by atoms with Crippen LogP contribution in [0, 0.1) is 5.82 Å². The highest BCUT2D eigenvalue weighted by Crippen LogP contribution is 2.31. The predicted molar refractivity (Wildman–Crippen MR) is 113 cm³/mol. The molecule has 150 valence electrons. The Morgan fingerprint density at radius 3 is 2.57 bits per heavy atom. The molecule has 2 heterocycles. The summed E-state index contributed by atoms with van der Waals surface area (Å²) in [6.07, 6.45) is 3.79. The van der Waals surface area contributed by atoms with E-state index in [1.54, 1.807) is 18.5 Å². The first-order chi connectivity index (χ1) is 14.5. The molecule has 2 aromatic carbocycles. The summed E-state index contributed by atoms with van der Waals surface area (Å²) >= 11 is 6.28. The first kappa shape index (κ1) is 19.8. The van der Waals surface area contributed by atoms with Crippen molar-refractivity contribution in [3.8, 4) is 22.6 Å². The van der Waals surface area contributed by atoms with Crippen LogP contribution in [0.2, 0.25) is 5.02 Å². The van der Waals surface area contributed by atoms with Crippen LogP contribution < -0.4 is 0 Å². The fourth-order valence-electron chi connectivity index (χ4n) is 3.28. The maximum absolute atomic E-state index is 13.5. The molecular weight excluding hydrogens is 405 g/mol. The quantitative estimate of drug-likeness (QED) is 0.456. The van der Waals surface area contributed by atoms with Crippen LogP contribution in [-0.4, -0.2) is 25.6 Å². The molecule has 0 saturated heterocycles. The summed E-state index contributed by atoms with van der Waals surface area (Å²) in [7, 11) is 0. The van der Waals surface area contributed by atoms with Gasteiger partial charge in [-0.25, -0.2) is 14.2 Å². The van der Waals surface area contributed by atoms with Crippen LogP contribution in [-0.2, 0) is 13.0 Å². The summed E-state index contributed by atoms with van der Waals surface area (Å²) in [5, 5.41) is 10.00. The molecule has 0 fully saturated rings. The summed E-state index contributed by atoms with van der Waals surface area (Å²) in [6.45, 7) is 0.585. The highest BCUT2D eigenvalue weighted by Gasteiger charge is 2.18. The molecule has 4 aromatic rings. The number of rotatable bonds is 6. The lowest BCUT2D eigenvalue weighted by Crippen LogP contribution is -2.03. The Morgan fingerprint density at radius 1 is 1.07 bits per heavy atom. The Balaban J connectivity index is 1.77. The minimum Gasteiger partial charge on any atom is -0.478 e. The number of nitrogens with zero attached hydrogens (tertiary/aromatic N) is 3. The van der Waals surface area contributed by atoms with Gasteiger partial charge in [0, 0.05) is 23.3 Å². The molecule has 0 aliphatic carbocycles. The third-order valence-corrected chi connectivity index (χ3v) is 5.15. The SMILES string of the molecule is O=C(O)c1ccnc(-c2ncn(CCc3ccccc3Cl)c2-c2ccc(F)cc2)c1. The molecule has 0 amide bonds. The maximum atomic E-state index is 13.5. The minimum atomic E-state index is -1.04. The molecule has 0 spiro atoms. The molecule has 7 heteroatoms. The van der Waals surface area contributed by atoms with Gasteiger partial charge >= 0.3 is 5.97 Å². The second kappa shape index (κ2) is 8.47. The third-order valence-electron chi connectivity index (χ3n) is 4.78. The van der Waals surface area contributed by atoms with E-state index in [1.165, 1.54) is 30.5 Å². The zero-order chi connectivity index (χ0) is 21.1. The molecule has 5 nitrogen and oxygen atoms in total. The second-order valence-electron chi connectivity index (χ2n) is 6.72. The summed E-state index contributed by atoms with van der Waals surface area (Å²) in [4.78, 5) is 20.2. The van der Waals surface area contributed by atoms with Crippen molar-refractivity contribution in [3.63, 3.8) is 0 Å². The van der Waals surface area contributed by atoms with E-state index in [0.29, 0.717) is 29.4 Å². The number of benzene rings is 2. The van der Waals surface area contributed by atoms with Gasteiger partial charge in [0.05, 0.1) is 23.3 Å². The van der Waals surface area contributed by atoms with Gasteiger partial charge in [-0.05, 0) is 54.4 Å². The standard InChI is InChI=1S/C23H17ClFN3O2/c24-19-4-2-1-3-15(19)10-12-28-14-27-21(20-13-17(23(29)30)9-11-26-20)22(28)16-5-7-18(25)8-6-16/h1-9,11,13-14H,10,12H2,(H,29,30). The first-order valence-corrected chi connectivity index (χ1v) is 9.65. The second-order valence-corrected chi connectivity index (χ2v) is 7.13. The average molecular weight is 422 g/mol. The number of carboxylic acid groups (broad SMARTS) is 1. The van der Waals surface area contributed by atoms with Crippen molar-refractivity contribution < 1.29 is 14.3 Å². The van der Waals surface area contributed by atoms with E-state index in [4.69, 9.17) is 11.6 Å². The van der Waals surface area contributed by atoms with Gasteiger partial charge in [-0.1, -0.05) is 29.8 Å². The molecule has 0 atom stereocenters. The number of aryl methyl sites for hydroxylation is 2. The highest BCUT2D eigenvalue weighted by molar-refractivity contribution is 6.31. The lowest BCUT2D eigenvalue weighted by Gasteiger charge is -2.11. The number of carboxylic acids is 1. The topological polar surface area (TPSA) is 68.0 Å². The Labute approximate surface area is 177 Å². The molecule has 4 rings (SSSR count). The molecule has 0 saturated carbocycles. The van der Waals surface area contributed by atoms with Crippen molar-refractivity contribution in [3.05, 3.63) is 95.2 Å². The summed E-state index contributed by atoms with van der Waals surface area (Å²) in [5.41, 5.74) is 3.58. The van der Waals surface area contributed by atoms with Gasteiger partial charge in [0.1, 0.15) is 11.5 Å². The van der Waals surface area contributed by atoms with Gasteiger partial charge in [-0.15, -0.1) is 0 Å². The Hall–Kier alpha value is -3.51. The number of halogens is 2. The number of carbonyl (C=O) groups is 1. The Bertz CT molecular complexity index is 1210. The zero-order valence-electron chi connectivity index (χ0n) is 15.8. The molecule has 0 radical (unpaired) electrons. The number of imidazole rings is 1. The molecule has 2 aromatic heterocycles. The van der Waals surface area contributed by atoms with E-state index in [9.17, 15) is 14.3 Å². The molecular formula is C23H17ClFN3O2. The van der Waals surface area contributed by atoms with Crippen molar-refractivity contribution in [2.75, 3.05) is 0 Å². The van der Waals surface area contributed by atoms with Crippen molar-refractivity contribution in [2.45, 2.75) is 13.0 Å². The summed E-state index contributed by atoms with van der Waals surface area (Å²) in [5.74, 6) is -1.38. The van der Waals surface area contributed by atoms with Gasteiger partial charge in [-0.2, -0.15) is 0 Å². The molecule has 0 unspecified atom stereocenters. The van der Waals surface area contributed by atoms with E-state index >= 15 is 0 Å². The van der Waals surface area contributed by atoms with Gasteiger partial charge in [-0.3, -0.25) is 4.98 Å². The molecule has 1 N–H and O–H groups in total. The summed E-state index contributed by atoms with van der Waals surface area (Å²) < 4.78 is 15.4. The molecule has 0 aliphatic rings. The van der Waals surface area contributed by atoms with E-state index in [2.05, 4.69) is 9.97 Å². The van der Waals surface area contributed by atoms with Crippen molar-refractivity contribution in [1.82, 2.24) is 14.5 Å². The monoisotopic (exact) mass is 421 g/mol. The van der Waals surface area contributed by atoms with Crippen LogP contribution in [0.1, 0.15) is 15.9 Å². The van der Waals surface area contributed by atoms with Gasteiger partial charge < -0.3 is 9.67 Å². The van der Waals surface area contributed by atoms with Crippen LogP contribution in [0.5, 0.6) is 0 Å². The predicted octanol–water partition coefficient (Wildman–Crippen LogP) is 5.35. The molecule has 30 heavy (non-hydrogen) atoms. The minimum absolute atomic E-state index is 0.121. The van der Waals surface area contributed by atoms with Crippen LogP contribution in [0.25, 0.3) is 22.6 Å². The molecule has 0 aliphatic heterocycles. The van der Waals surface area contributed by atoms with E-state index < -0.39 is 5.97 Å². The van der Waals surface area contributed by atoms with E-state index in [-0.39, 0.29) is 11.4 Å². The fraction of sp³-hybridized carbons (Fsp3) is 0.0870. The van der Waals surface area contributed by atoms with Crippen LogP contribution in [0.4, 0.5) is 4.39 Å². The number of pyridine rings is 1. The van der Waals surface area contributed by atoms with E-state index in [1.807, 2.05) is 28.8 Å². The number of hydrogen-bond donors (Lipinski definition) is 1. The van der Waals surface area contributed by atoms with E-state index in [0.717, 1.165) is 16.8 Å². The van der Waals surface area contributed by atoms with Crippen LogP contribution >= 0.6 is 11.6 Å². The first-order valence-electron chi connectivity index (χ1n) is 9.27. The normalized spacial score (nSPS) is 10.9. The van der Waals surface area contributed by atoms with Gasteiger partial charge in [0.25, 0.3) is 0 Å². The van der Waals surface area contributed by atoms with Crippen LogP contribution in [0.15, 0.2) is 73.2 Å². The Morgan fingerprint density at radius 2 is 1.83 bits per heavy atom. The fourth-order valence-corrected chi connectivity index (χ4v) is 3.51. The van der Waals surface area contributed by atoms with Crippen molar-refractivity contribution in [1.29, 1.82) is 0 Å². The maximum Gasteiger partial charge on any atom is 0.335 e. The zero-order valence-corrected chi connectivity index (χ0v) is 16.6. The average Bonchev–Trinajstić information content (AvgIpc) is 3.18. The highest BCUT2D eigenvalue weighted by atomic mass is 35.5. The lowest BCUT2D eigenvalue weighted by molar-refractivity contribution is 0.0697. The largest absolute Gasteiger partial charge is 0.478 e. The number of hydrogen-bond acceptors (Lipinski definition) is 3. The van der Waals surface area contributed by atoms with Gasteiger partial charge in [0.15, 0.2) is 0 Å². The smallest absolute Gasteiger partial charge is 0.335 e. The summed E-state index contributed by atoms with van der Waals surface area (Å²) in [6, 6.07) is 16.6. The Kier molecular flexibility index (Phi) is 5.59. The van der Waals surface area contributed by atoms with Gasteiger partial charge in [0.2, 0.25) is 0 Å². The number of aromatic carboxylic acids is 1. The van der Waals surface area contributed by atoms with Crippen molar-refractivity contribution in [2.24, 2.45) is 0 Å². The van der Waals surface area contributed by atoms with Crippen molar-refractivity contribution >= 4 is 17.6 Å². The third kappa shape index (κ3) is 4.09. The number of aromatic nitrogens is 3. The van der Waals surface area contributed by atoms with Crippen LogP contribution in [0.3, 0.4) is 0 Å². The molecule has 0 bridgehead atoms.